The van der Waals surface area contributed by atoms with Gasteiger partial charge in [0, 0.05) is 18.2 Å². The van der Waals surface area contributed by atoms with Crippen LogP contribution >= 0.6 is 11.8 Å². The van der Waals surface area contributed by atoms with Gasteiger partial charge in [-0.3, -0.25) is 24.2 Å². The summed E-state index contributed by atoms with van der Waals surface area (Å²) in [6, 6.07) is 7.19. The predicted octanol–water partition coefficient (Wildman–Crippen LogP) is 2.93. The quantitative estimate of drug-likeness (QED) is 0.542. The van der Waals surface area contributed by atoms with Gasteiger partial charge in [-0.25, -0.2) is 0 Å². The second-order valence-electron chi connectivity index (χ2n) is 9.07. The molecule has 5 rings (SSSR count). The van der Waals surface area contributed by atoms with Crippen LogP contribution in [0.25, 0.3) is 10.9 Å². The Labute approximate surface area is 193 Å². The lowest BCUT2D eigenvalue weighted by molar-refractivity contribution is -0.113. The van der Waals surface area contributed by atoms with Crippen LogP contribution in [-0.4, -0.2) is 45.7 Å². The van der Waals surface area contributed by atoms with Crippen molar-refractivity contribution in [2.75, 3.05) is 24.8 Å². The summed E-state index contributed by atoms with van der Waals surface area (Å²) in [6.45, 7) is 4.59. The lowest BCUT2D eigenvalue weighted by Crippen LogP contribution is -2.36. The lowest BCUT2D eigenvalue weighted by atomic mass is 9.94. The number of H-pyrrole nitrogens is 2. The molecule has 2 atom stereocenters. The number of carbonyl (C=O) groups is 1. The Morgan fingerprint density at radius 3 is 2.76 bits per heavy atom. The van der Waals surface area contributed by atoms with Crippen molar-refractivity contribution in [3.05, 3.63) is 56.1 Å². The number of ether oxygens (including phenoxy) is 2. The number of hydrogen-bond donors (Lipinski definition) is 3. The summed E-state index contributed by atoms with van der Waals surface area (Å²) in [5.74, 6) is 1.01. The highest BCUT2D eigenvalue weighted by Crippen LogP contribution is 2.41. The third-order valence-corrected chi connectivity index (χ3v) is 7.52. The first-order chi connectivity index (χ1) is 15.8. The fourth-order valence-electron chi connectivity index (χ4n) is 4.70. The van der Waals surface area contributed by atoms with E-state index >= 15 is 0 Å². The number of pyridine rings is 1. The Morgan fingerprint density at radius 2 is 2.00 bits per heavy atom. The van der Waals surface area contributed by atoms with Crippen molar-refractivity contribution in [2.24, 2.45) is 0 Å². The molecule has 2 aromatic heterocycles. The molecular weight excluding hydrogens is 444 g/mol. The minimum absolute atomic E-state index is 0.0309. The predicted molar refractivity (Wildman–Crippen MR) is 127 cm³/mol. The van der Waals surface area contributed by atoms with E-state index in [0.717, 1.165) is 5.39 Å². The number of methoxy groups -OCH3 is 1. The zero-order chi connectivity index (χ0) is 23.3. The summed E-state index contributed by atoms with van der Waals surface area (Å²) in [6.07, 6.45) is 1.41. The molecule has 9 nitrogen and oxygen atoms in total. The number of anilines is 1. The fraction of sp³-hybridized carbons (Fsp3) is 0.435. The van der Waals surface area contributed by atoms with E-state index in [-0.39, 0.29) is 34.4 Å². The smallest absolute Gasteiger partial charge is 0.270 e. The lowest BCUT2D eigenvalue weighted by Gasteiger charge is -2.36. The van der Waals surface area contributed by atoms with Gasteiger partial charge in [-0.2, -0.15) is 0 Å². The van der Waals surface area contributed by atoms with E-state index in [0.29, 0.717) is 47.7 Å². The Morgan fingerprint density at radius 1 is 1.18 bits per heavy atom. The number of fused-ring (bicyclic) bond motifs is 2. The van der Waals surface area contributed by atoms with Gasteiger partial charge in [-0.05, 0) is 50.3 Å². The van der Waals surface area contributed by atoms with Crippen molar-refractivity contribution < 1.29 is 14.3 Å². The summed E-state index contributed by atoms with van der Waals surface area (Å²) < 4.78 is 12.8. The van der Waals surface area contributed by atoms with Gasteiger partial charge >= 0.3 is 0 Å². The maximum Gasteiger partial charge on any atom is 0.270 e. The van der Waals surface area contributed by atoms with Gasteiger partial charge in [-0.15, -0.1) is 11.8 Å². The number of thioether (sulfide) groups is 1. The highest BCUT2D eigenvalue weighted by molar-refractivity contribution is 8.00. The van der Waals surface area contributed by atoms with E-state index < -0.39 is 5.25 Å². The van der Waals surface area contributed by atoms with Crippen molar-refractivity contribution in [1.82, 2.24) is 14.8 Å². The summed E-state index contributed by atoms with van der Waals surface area (Å²) in [5.41, 5.74) is 0.541. The van der Waals surface area contributed by atoms with Crippen LogP contribution < -0.4 is 21.2 Å². The van der Waals surface area contributed by atoms with E-state index in [2.05, 4.69) is 15.4 Å². The largest absolute Gasteiger partial charge is 0.497 e. The molecule has 0 unspecified atom stereocenters. The summed E-state index contributed by atoms with van der Waals surface area (Å²) in [5, 5.41) is 6.07. The number of aromatic amines is 2. The van der Waals surface area contributed by atoms with Crippen LogP contribution in [0.5, 0.6) is 5.75 Å². The van der Waals surface area contributed by atoms with E-state index in [4.69, 9.17) is 9.47 Å². The molecule has 174 valence electrons. The molecule has 2 aliphatic heterocycles. The topological polar surface area (TPSA) is 118 Å². The van der Waals surface area contributed by atoms with Gasteiger partial charge < -0.3 is 19.8 Å². The first kappa shape index (κ1) is 21.8. The van der Waals surface area contributed by atoms with Gasteiger partial charge in [0.1, 0.15) is 11.6 Å². The van der Waals surface area contributed by atoms with E-state index in [9.17, 15) is 14.4 Å². The second-order valence-corrected chi connectivity index (χ2v) is 10.2. The first-order valence-electron chi connectivity index (χ1n) is 10.9. The average molecular weight is 471 g/mol. The Balaban J connectivity index is 1.64. The Bertz CT molecular complexity index is 1360. The highest BCUT2D eigenvalue weighted by Gasteiger charge is 2.36. The second kappa shape index (κ2) is 8.11. The molecule has 1 saturated heterocycles. The van der Waals surface area contributed by atoms with Gasteiger partial charge in [0.05, 0.1) is 40.8 Å². The molecule has 0 spiro atoms. The molecule has 1 amide bonds. The fourth-order valence-corrected chi connectivity index (χ4v) is 5.83. The van der Waals surface area contributed by atoms with Crippen LogP contribution in [0.3, 0.4) is 0 Å². The molecular formula is C23H26N4O5S. The maximum absolute atomic E-state index is 13.2. The van der Waals surface area contributed by atoms with Crippen LogP contribution in [0.4, 0.5) is 5.82 Å². The number of carbonyl (C=O) groups excluding carboxylic acids is 1. The zero-order valence-corrected chi connectivity index (χ0v) is 19.5. The molecule has 0 bridgehead atoms. The van der Waals surface area contributed by atoms with Gasteiger partial charge in [0.25, 0.3) is 11.1 Å². The minimum Gasteiger partial charge on any atom is -0.497 e. The zero-order valence-electron chi connectivity index (χ0n) is 18.7. The van der Waals surface area contributed by atoms with Crippen molar-refractivity contribution in [3.8, 4) is 5.75 Å². The SMILES string of the molecule is COc1ccc2cc([C@@H]3SCC(=O)Nc4c3c(=O)[nH]n4[C@H]3CCOC(C)(C)C3)c(=O)[nH]c2c1. The normalized spacial score (nSPS) is 22.5. The molecule has 2 aliphatic rings. The highest BCUT2D eigenvalue weighted by atomic mass is 32.2. The number of rotatable bonds is 3. The molecule has 4 heterocycles. The number of aromatic nitrogens is 3. The molecule has 10 heteroatoms. The van der Waals surface area contributed by atoms with E-state index in [1.54, 1.807) is 23.9 Å². The van der Waals surface area contributed by atoms with Crippen molar-refractivity contribution in [3.63, 3.8) is 0 Å². The first-order valence-corrected chi connectivity index (χ1v) is 11.9. The van der Waals surface area contributed by atoms with Gasteiger partial charge in [0.15, 0.2) is 0 Å². The summed E-state index contributed by atoms with van der Waals surface area (Å²) in [7, 11) is 1.57. The maximum atomic E-state index is 13.2. The van der Waals surface area contributed by atoms with Crippen LogP contribution in [0.15, 0.2) is 33.9 Å². The van der Waals surface area contributed by atoms with Gasteiger partial charge in [0.2, 0.25) is 5.91 Å². The molecule has 3 N–H and O–H groups in total. The molecule has 33 heavy (non-hydrogen) atoms. The molecule has 0 saturated carbocycles. The third-order valence-electron chi connectivity index (χ3n) is 6.26. The molecule has 0 radical (unpaired) electrons. The average Bonchev–Trinajstić information content (AvgIpc) is 2.98. The monoisotopic (exact) mass is 470 g/mol. The molecule has 1 aromatic carbocycles. The number of nitrogens with one attached hydrogen (secondary N) is 3. The number of nitrogens with zero attached hydrogens (tertiary/aromatic N) is 1. The van der Waals surface area contributed by atoms with E-state index in [1.165, 1.54) is 11.8 Å². The van der Waals surface area contributed by atoms with Crippen LogP contribution in [0.1, 0.15) is 49.1 Å². The number of hydrogen-bond acceptors (Lipinski definition) is 6. The Hall–Kier alpha value is -2.98. The Kier molecular flexibility index (Phi) is 5.37. The summed E-state index contributed by atoms with van der Waals surface area (Å²) >= 11 is 1.28. The number of benzene rings is 1. The van der Waals surface area contributed by atoms with Crippen LogP contribution in [0.2, 0.25) is 0 Å². The van der Waals surface area contributed by atoms with E-state index in [1.807, 2.05) is 26.0 Å². The molecule has 0 aliphatic carbocycles. The van der Waals surface area contributed by atoms with Crippen molar-refractivity contribution >= 4 is 34.4 Å². The molecule has 3 aromatic rings. The minimum atomic E-state index is -0.591. The van der Waals surface area contributed by atoms with Crippen molar-refractivity contribution in [2.45, 2.75) is 43.6 Å². The third kappa shape index (κ3) is 3.97. The standard InChI is InChI=1S/C23H26N4O5S/c1-23(2)10-13(6-7-32-23)27-20-18(22(30)26-27)19(33-11-17(28)25-20)15-8-12-4-5-14(31-3)9-16(12)24-21(15)29/h4-5,8-9,13,19H,6-7,10-11H2,1-3H3,(H,24,29)(H,25,28)(H,26,30)/t13-,19-/m0/s1. The van der Waals surface area contributed by atoms with Crippen molar-refractivity contribution in [1.29, 1.82) is 0 Å². The summed E-state index contributed by atoms with van der Waals surface area (Å²) in [4.78, 5) is 41.8. The van der Waals surface area contributed by atoms with Gasteiger partial charge in [-0.1, -0.05) is 0 Å². The molecule has 1 fully saturated rings. The van der Waals surface area contributed by atoms with Crippen LogP contribution in [0, 0.1) is 0 Å². The van der Waals surface area contributed by atoms with Crippen LogP contribution in [-0.2, 0) is 9.53 Å². The number of amides is 1.